The number of ether oxygens (including phenoxy) is 1. The van der Waals surface area contributed by atoms with E-state index in [-0.39, 0.29) is 22.8 Å². The fourth-order valence-corrected chi connectivity index (χ4v) is 6.62. The average molecular weight is 553 g/mol. The van der Waals surface area contributed by atoms with Gasteiger partial charge in [-0.3, -0.25) is 9.52 Å². The molecule has 1 fully saturated rings. The Morgan fingerprint density at radius 2 is 1.78 bits per heavy atom. The van der Waals surface area contributed by atoms with Gasteiger partial charge in [0, 0.05) is 25.2 Å². The first kappa shape index (κ1) is 27.2. The lowest BCUT2D eigenvalue weighted by Gasteiger charge is -2.32. The lowest BCUT2D eigenvalue weighted by molar-refractivity contribution is -0.137. The number of morpholine rings is 1. The summed E-state index contributed by atoms with van der Waals surface area (Å²) < 4.78 is 72.8. The molecule has 11 heteroatoms. The van der Waals surface area contributed by atoms with Crippen LogP contribution in [0, 0.1) is 20.8 Å². The summed E-state index contributed by atoms with van der Waals surface area (Å²) in [6, 6.07) is 6.98. The number of aryl methyl sites for hydroxylation is 2. The number of rotatable bonds is 7. The van der Waals surface area contributed by atoms with Crippen molar-refractivity contribution in [2.45, 2.75) is 38.3 Å². The minimum Gasteiger partial charge on any atom is -0.378 e. The van der Waals surface area contributed by atoms with E-state index in [2.05, 4.69) is 9.62 Å². The Morgan fingerprint density at radius 1 is 1.08 bits per heavy atom. The first-order valence-corrected chi connectivity index (χ1v) is 14.0. The van der Waals surface area contributed by atoms with E-state index in [4.69, 9.17) is 4.74 Å². The molecule has 0 amide bonds. The van der Waals surface area contributed by atoms with E-state index >= 15 is 0 Å². The third-order valence-corrected chi connectivity index (χ3v) is 8.71. The van der Waals surface area contributed by atoms with Crippen LogP contribution in [0.5, 0.6) is 0 Å². The van der Waals surface area contributed by atoms with Crippen molar-refractivity contribution >= 4 is 38.5 Å². The van der Waals surface area contributed by atoms with Crippen LogP contribution in [0.1, 0.15) is 37.5 Å². The van der Waals surface area contributed by atoms with E-state index in [0.717, 1.165) is 70.6 Å². The van der Waals surface area contributed by atoms with Gasteiger partial charge in [0.05, 0.1) is 34.2 Å². The van der Waals surface area contributed by atoms with Gasteiger partial charge < -0.3 is 9.64 Å². The van der Waals surface area contributed by atoms with Crippen molar-refractivity contribution in [3.05, 3.63) is 74.5 Å². The largest absolute Gasteiger partial charge is 0.416 e. The van der Waals surface area contributed by atoms with Crippen LogP contribution in [-0.2, 0) is 27.4 Å². The number of Topliss-reactive ketones (excluding diaryl/α,β-unsaturated/α-hetero) is 1. The van der Waals surface area contributed by atoms with Gasteiger partial charge in [-0.2, -0.15) is 13.2 Å². The second-order valence-corrected chi connectivity index (χ2v) is 11.6. The van der Waals surface area contributed by atoms with Gasteiger partial charge in [0.25, 0.3) is 10.0 Å². The Balaban J connectivity index is 1.60. The molecule has 1 aromatic heterocycles. The molecule has 0 radical (unpaired) electrons. The Bertz CT molecular complexity index is 1430. The summed E-state index contributed by atoms with van der Waals surface area (Å²) in [6.45, 7) is 8.74. The van der Waals surface area contributed by atoms with Crippen LogP contribution in [0.15, 0.2) is 46.7 Å². The number of halogens is 3. The quantitative estimate of drug-likeness (QED) is 0.378. The van der Waals surface area contributed by atoms with Gasteiger partial charge in [-0.1, -0.05) is 12.1 Å². The van der Waals surface area contributed by atoms with Crippen molar-refractivity contribution in [2.24, 2.45) is 0 Å². The van der Waals surface area contributed by atoms with Gasteiger partial charge in [0.2, 0.25) is 0 Å². The van der Waals surface area contributed by atoms with Crippen LogP contribution >= 0.6 is 11.3 Å². The first-order valence-electron chi connectivity index (χ1n) is 11.6. The number of ketones is 1. The van der Waals surface area contributed by atoms with Crippen LogP contribution in [0.3, 0.4) is 0 Å². The monoisotopic (exact) mass is 552 g/mol. The van der Waals surface area contributed by atoms with Crippen molar-refractivity contribution in [1.82, 2.24) is 0 Å². The standard InChI is InChI=1S/C26H27F3N2O4S2/c1-16-13-17(2)24(31-8-10-35-11-9-31)18(3)21(16)15-23(32)25-22(7-12-36-25)30-37(33,34)20-6-4-5-19(14-20)26(27,28)29/h4-7,12-14,30H,8-11,15H2,1-3H3. The molecule has 198 valence electrons. The Morgan fingerprint density at radius 3 is 2.46 bits per heavy atom. The van der Waals surface area contributed by atoms with Crippen LogP contribution in [0.25, 0.3) is 0 Å². The third kappa shape index (κ3) is 5.83. The number of benzene rings is 2. The fraction of sp³-hybridized carbons (Fsp3) is 0.346. The molecule has 0 unspecified atom stereocenters. The second kappa shape index (κ2) is 10.5. The van der Waals surface area contributed by atoms with E-state index in [1.165, 1.54) is 6.07 Å². The molecule has 0 saturated carbocycles. The van der Waals surface area contributed by atoms with Gasteiger partial charge in [-0.15, -0.1) is 11.3 Å². The molecule has 0 bridgehead atoms. The highest BCUT2D eigenvalue weighted by atomic mass is 32.2. The highest BCUT2D eigenvalue weighted by Gasteiger charge is 2.32. The molecule has 4 rings (SSSR count). The van der Waals surface area contributed by atoms with Crippen molar-refractivity contribution in [1.29, 1.82) is 0 Å². The zero-order chi connectivity index (χ0) is 27.0. The second-order valence-electron chi connectivity index (χ2n) is 8.96. The molecule has 1 N–H and O–H groups in total. The summed E-state index contributed by atoms with van der Waals surface area (Å²) in [5.74, 6) is -0.278. The van der Waals surface area contributed by atoms with Gasteiger partial charge in [-0.25, -0.2) is 8.42 Å². The number of hydrogen-bond acceptors (Lipinski definition) is 6. The van der Waals surface area contributed by atoms with E-state index < -0.39 is 26.7 Å². The molecule has 1 aliphatic rings. The minimum absolute atomic E-state index is 0.0447. The molecule has 2 aromatic carbocycles. The molecule has 0 spiro atoms. The van der Waals surface area contributed by atoms with Gasteiger partial charge >= 0.3 is 6.18 Å². The number of alkyl halides is 3. The number of carbonyl (C=O) groups excluding carboxylic acids is 1. The minimum atomic E-state index is -4.68. The summed E-state index contributed by atoms with van der Waals surface area (Å²) in [5, 5.41) is 1.57. The Labute approximate surface area is 218 Å². The number of nitrogens with one attached hydrogen (secondary N) is 1. The van der Waals surface area contributed by atoms with Gasteiger partial charge in [-0.05, 0) is 72.7 Å². The number of anilines is 2. The zero-order valence-corrected chi connectivity index (χ0v) is 22.2. The van der Waals surface area contributed by atoms with E-state index in [9.17, 15) is 26.4 Å². The Hall–Kier alpha value is -2.89. The van der Waals surface area contributed by atoms with Crippen molar-refractivity contribution < 1.29 is 31.1 Å². The molecule has 37 heavy (non-hydrogen) atoms. The lowest BCUT2D eigenvalue weighted by Crippen LogP contribution is -2.37. The van der Waals surface area contributed by atoms with Crippen molar-refractivity contribution in [3.8, 4) is 0 Å². The lowest BCUT2D eigenvalue weighted by atomic mass is 9.92. The predicted octanol–water partition coefficient (Wildman–Crippen LogP) is 5.75. The summed E-state index contributed by atoms with van der Waals surface area (Å²) in [6.07, 6.45) is -4.62. The molecule has 2 heterocycles. The normalized spacial score (nSPS) is 14.6. The zero-order valence-electron chi connectivity index (χ0n) is 20.6. The van der Waals surface area contributed by atoms with Crippen LogP contribution < -0.4 is 9.62 Å². The maximum atomic E-state index is 13.4. The third-order valence-electron chi connectivity index (χ3n) is 6.39. The van der Waals surface area contributed by atoms with Gasteiger partial charge in [0.15, 0.2) is 5.78 Å². The predicted molar refractivity (Wildman–Crippen MR) is 138 cm³/mol. The number of hydrogen-bond donors (Lipinski definition) is 1. The van der Waals surface area contributed by atoms with E-state index in [1.54, 1.807) is 5.38 Å². The number of sulfonamides is 1. The van der Waals surface area contributed by atoms with Crippen LogP contribution in [0.2, 0.25) is 0 Å². The molecule has 0 aliphatic carbocycles. The van der Waals surface area contributed by atoms with E-state index in [1.807, 2.05) is 26.8 Å². The highest BCUT2D eigenvalue weighted by molar-refractivity contribution is 7.92. The maximum Gasteiger partial charge on any atom is 0.416 e. The molecule has 6 nitrogen and oxygen atoms in total. The maximum absolute atomic E-state index is 13.4. The molecule has 1 saturated heterocycles. The fourth-order valence-electron chi connectivity index (χ4n) is 4.65. The summed E-state index contributed by atoms with van der Waals surface area (Å²) in [7, 11) is -4.35. The molecule has 1 aliphatic heterocycles. The van der Waals surface area contributed by atoms with Crippen LogP contribution in [0.4, 0.5) is 24.5 Å². The molecule has 3 aromatic rings. The SMILES string of the molecule is Cc1cc(C)c(N2CCOCC2)c(C)c1CC(=O)c1sccc1NS(=O)(=O)c1cccc(C(F)(F)F)c1. The summed E-state index contributed by atoms with van der Waals surface area (Å²) >= 11 is 1.08. The van der Waals surface area contributed by atoms with Crippen molar-refractivity contribution in [2.75, 3.05) is 35.9 Å². The Kier molecular flexibility index (Phi) is 7.68. The highest BCUT2D eigenvalue weighted by Crippen LogP contribution is 2.34. The van der Waals surface area contributed by atoms with E-state index in [0.29, 0.717) is 19.3 Å². The average Bonchev–Trinajstić information content (AvgIpc) is 3.29. The smallest absolute Gasteiger partial charge is 0.378 e. The molecule has 0 atom stereocenters. The number of thiophene rings is 1. The van der Waals surface area contributed by atoms with Crippen molar-refractivity contribution in [3.63, 3.8) is 0 Å². The first-order chi connectivity index (χ1) is 17.4. The molecular weight excluding hydrogens is 525 g/mol. The number of nitrogens with zero attached hydrogens (tertiary/aromatic N) is 1. The number of carbonyl (C=O) groups is 1. The molecular formula is C26H27F3N2O4S2. The topological polar surface area (TPSA) is 75.7 Å². The summed E-state index contributed by atoms with van der Waals surface area (Å²) in [4.78, 5) is 15.3. The van der Waals surface area contributed by atoms with Gasteiger partial charge in [0.1, 0.15) is 0 Å². The van der Waals surface area contributed by atoms with Crippen LogP contribution in [-0.4, -0.2) is 40.5 Å². The summed E-state index contributed by atoms with van der Waals surface area (Å²) in [5.41, 5.74) is 3.99.